The molecule has 0 unspecified atom stereocenters. The van der Waals surface area contributed by atoms with Crippen LogP contribution in [-0.4, -0.2) is 33.4 Å². The zero-order valence-corrected chi connectivity index (χ0v) is 13.0. The van der Waals surface area contributed by atoms with Crippen molar-refractivity contribution in [2.75, 3.05) is 0 Å². The van der Waals surface area contributed by atoms with E-state index < -0.39 is 30.0 Å². The largest absolute Gasteiger partial charge is 0.432 e. The molecular formula is C16H14F3N3O3. The average Bonchev–Trinajstić information content (AvgIpc) is 3.17. The number of carbonyl (C=O) groups is 1. The van der Waals surface area contributed by atoms with Gasteiger partial charge in [0, 0.05) is 17.4 Å². The first-order valence-corrected chi connectivity index (χ1v) is 7.38. The summed E-state index contributed by atoms with van der Waals surface area (Å²) < 4.78 is 42.9. The van der Waals surface area contributed by atoms with Crippen molar-refractivity contribution in [3.05, 3.63) is 42.2 Å². The van der Waals surface area contributed by atoms with E-state index in [0.29, 0.717) is 11.1 Å². The smallest absolute Gasteiger partial charge is 0.387 e. The number of hydrogen-bond acceptors (Lipinski definition) is 5. The lowest BCUT2D eigenvalue weighted by Gasteiger charge is -2.07. The molecule has 1 heterocycles. The quantitative estimate of drug-likeness (QED) is 0.638. The first-order valence-electron chi connectivity index (χ1n) is 7.38. The van der Waals surface area contributed by atoms with Crippen molar-refractivity contribution in [2.24, 2.45) is 5.92 Å². The number of halogens is 3. The van der Waals surface area contributed by atoms with Gasteiger partial charge in [-0.25, -0.2) is 19.8 Å². The van der Waals surface area contributed by atoms with E-state index >= 15 is 0 Å². The van der Waals surface area contributed by atoms with E-state index in [9.17, 15) is 18.0 Å². The van der Waals surface area contributed by atoms with Gasteiger partial charge in [-0.15, -0.1) is 0 Å². The average molecular weight is 353 g/mol. The number of ether oxygens (including phenoxy) is 1. The molecule has 1 aliphatic rings. The maximum atomic E-state index is 14.5. The highest BCUT2D eigenvalue weighted by Crippen LogP contribution is 2.60. The van der Waals surface area contributed by atoms with Crippen LogP contribution >= 0.6 is 0 Å². The number of nitrogens with one attached hydrogen (secondary N) is 1. The van der Waals surface area contributed by atoms with Crippen molar-refractivity contribution in [3.8, 4) is 17.1 Å². The van der Waals surface area contributed by atoms with Gasteiger partial charge in [-0.3, -0.25) is 10.0 Å². The molecule has 0 spiro atoms. The second kappa shape index (κ2) is 6.32. The van der Waals surface area contributed by atoms with Crippen LogP contribution in [0.1, 0.15) is 18.4 Å². The highest BCUT2D eigenvalue weighted by Gasteiger charge is 2.69. The molecule has 0 aliphatic heterocycles. The van der Waals surface area contributed by atoms with Gasteiger partial charge in [0.2, 0.25) is 5.67 Å². The Morgan fingerprint density at radius 1 is 1.28 bits per heavy atom. The number of hydroxylamine groups is 1. The monoisotopic (exact) mass is 353 g/mol. The summed E-state index contributed by atoms with van der Waals surface area (Å²) in [6.45, 7) is -1.37. The number of amides is 1. The minimum atomic E-state index is -2.95. The van der Waals surface area contributed by atoms with Crippen molar-refractivity contribution >= 4 is 5.91 Å². The summed E-state index contributed by atoms with van der Waals surface area (Å²) in [6.07, 6.45) is 2.26. The summed E-state index contributed by atoms with van der Waals surface area (Å²) in [7, 11) is 0. The van der Waals surface area contributed by atoms with Gasteiger partial charge in [0.15, 0.2) is 11.6 Å². The normalized spacial score (nSPS) is 24.9. The predicted molar refractivity (Wildman–Crippen MR) is 79.8 cm³/mol. The molecule has 1 saturated carbocycles. The van der Waals surface area contributed by atoms with Crippen molar-refractivity contribution in [1.82, 2.24) is 15.4 Å². The number of nitrogens with zero attached hydrogens (tertiary/aromatic N) is 2. The first-order chi connectivity index (χ1) is 11.9. The molecule has 1 amide bonds. The van der Waals surface area contributed by atoms with Gasteiger partial charge in [-0.05, 0) is 5.56 Å². The van der Waals surface area contributed by atoms with Crippen LogP contribution < -0.4 is 10.2 Å². The summed E-state index contributed by atoms with van der Waals surface area (Å²) >= 11 is 0. The van der Waals surface area contributed by atoms with Crippen molar-refractivity contribution in [2.45, 2.75) is 25.1 Å². The highest BCUT2D eigenvalue weighted by atomic mass is 19.3. The van der Waals surface area contributed by atoms with Gasteiger partial charge in [0.1, 0.15) is 0 Å². The molecule has 2 N–H and O–H groups in total. The number of alkyl halides is 3. The number of hydrogen-bond donors (Lipinski definition) is 2. The molecular weight excluding hydrogens is 339 g/mol. The number of rotatable bonds is 5. The fourth-order valence-electron chi connectivity index (χ4n) is 2.95. The Hall–Kier alpha value is -2.68. The first kappa shape index (κ1) is 17.2. The van der Waals surface area contributed by atoms with E-state index in [-0.39, 0.29) is 11.6 Å². The molecule has 1 aliphatic carbocycles. The van der Waals surface area contributed by atoms with E-state index in [4.69, 9.17) is 5.21 Å². The second-order valence-electron chi connectivity index (χ2n) is 5.72. The van der Waals surface area contributed by atoms with E-state index in [1.165, 1.54) is 5.48 Å². The van der Waals surface area contributed by atoms with Crippen LogP contribution in [0.4, 0.5) is 13.2 Å². The predicted octanol–water partition coefficient (Wildman–Crippen LogP) is 2.69. The van der Waals surface area contributed by atoms with Crippen LogP contribution in [-0.2, 0) is 4.79 Å². The lowest BCUT2D eigenvalue weighted by molar-refractivity contribution is -0.136. The number of carbonyl (C=O) groups excluding carboxylic acids is 1. The molecule has 0 saturated heterocycles. The lowest BCUT2D eigenvalue weighted by Crippen LogP contribution is -2.33. The van der Waals surface area contributed by atoms with E-state index in [1.807, 2.05) is 0 Å². The molecule has 1 fully saturated rings. The van der Waals surface area contributed by atoms with Gasteiger partial charge in [-0.2, -0.15) is 8.78 Å². The Bertz CT molecular complexity index is 770. The zero-order chi connectivity index (χ0) is 18.2. The second-order valence-corrected chi connectivity index (χ2v) is 5.72. The molecule has 132 valence electrons. The number of benzene rings is 1. The maximum Gasteiger partial charge on any atom is 0.387 e. The van der Waals surface area contributed by atoms with Gasteiger partial charge >= 0.3 is 6.61 Å². The van der Waals surface area contributed by atoms with Crippen molar-refractivity contribution in [1.29, 1.82) is 0 Å². The van der Waals surface area contributed by atoms with Gasteiger partial charge in [0.05, 0.1) is 12.4 Å². The number of aromatic nitrogens is 2. The Morgan fingerprint density at radius 3 is 2.40 bits per heavy atom. The van der Waals surface area contributed by atoms with Crippen LogP contribution in [0.15, 0.2) is 36.7 Å². The van der Waals surface area contributed by atoms with Gasteiger partial charge in [0.25, 0.3) is 5.91 Å². The highest BCUT2D eigenvalue weighted by molar-refractivity contribution is 5.90. The standard InChI is InChI=1S/C16H14F3N3O3/c1-8-12(16(8,19)14(23)22-24)9-2-4-10(5-3-9)13-20-6-11(7-21-13)25-15(17)18/h2-8,12,15,24H,1H3,(H,22,23)/t8-,12+,16+/m1/s1. The van der Waals surface area contributed by atoms with Gasteiger partial charge < -0.3 is 4.74 Å². The van der Waals surface area contributed by atoms with Crippen LogP contribution in [0.5, 0.6) is 5.75 Å². The molecule has 0 bridgehead atoms. The molecule has 2 aromatic rings. The summed E-state index contributed by atoms with van der Waals surface area (Å²) in [6, 6.07) is 6.55. The topological polar surface area (TPSA) is 84.3 Å². The minimum Gasteiger partial charge on any atom is -0.432 e. The van der Waals surface area contributed by atoms with Crippen LogP contribution in [0.2, 0.25) is 0 Å². The molecule has 1 aromatic heterocycles. The van der Waals surface area contributed by atoms with E-state index in [2.05, 4.69) is 14.7 Å². The third-order valence-corrected chi connectivity index (χ3v) is 4.34. The van der Waals surface area contributed by atoms with Crippen LogP contribution in [0.25, 0.3) is 11.4 Å². The summed E-state index contributed by atoms with van der Waals surface area (Å²) in [5.74, 6) is -2.15. The Labute approximate surface area is 140 Å². The third-order valence-electron chi connectivity index (χ3n) is 4.34. The molecule has 3 atom stereocenters. The summed E-state index contributed by atoms with van der Waals surface area (Å²) in [5.41, 5.74) is 0.408. The van der Waals surface area contributed by atoms with E-state index in [0.717, 1.165) is 12.4 Å². The molecule has 1 aromatic carbocycles. The van der Waals surface area contributed by atoms with Gasteiger partial charge in [-0.1, -0.05) is 31.2 Å². The zero-order valence-electron chi connectivity index (χ0n) is 13.0. The van der Waals surface area contributed by atoms with E-state index in [1.54, 1.807) is 31.2 Å². The Kier molecular flexibility index (Phi) is 4.34. The summed E-state index contributed by atoms with van der Waals surface area (Å²) in [4.78, 5) is 19.3. The molecule has 3 rings (SSSR count). The SMILES string of the molecule is C[C@@H]1[C@@H](c2ccc(-c3ncc(OC(F)F)cn3)cc2)[C@]1(F)C(=O)NO. The van der Waals surface area contributed by atoms with Crippen molar-refractivity contribution < 1.29 is 27.9 Å². The van der Waals surface area contributed by atoms with Crippen LogP contribution in [0.3, 0.4) is 0 Å². The third kappa shape index (κ3) is 3.02. The molecule has 25 heavy (non-hydrogen) atoms. The fraction of sp³-hybridized carbons (Fsp3) is 0.312. The fourth-order valence-corrected chi connectivity index (χ4v) is 2.95. The van der Waals surface area contributed by atoms with Crippen LogP contribution in [0, 0.1) is 5.92 Å². The van der Waals surface area contributed by atoms with Crippen molar-refractivity contribution in [3.63, 3.8) is 0 Å². The lowest BCUT2D eigenvalue weighted by atomic mass is 10.0. The Balaban J connectivity index is 1.76. The molecule has 6 nitrogen and oxygen atoms in total. The minimum absolute atomic E-state index is 0.153. The maximum absolute atomic E-state index is 14.5. The molecule has 9 heteroatoms. The Morgan fingerprint density at radius 2 is 1.88 bits per heavy atom. The summed E-state index contributed by atoms with van der Waals surface area (Å²) in [5, 5.41) is 8.65. The molecule has 0 radical (unpaired) electrons.